The Morgan fingerprint density at radius 3 is 2.63 bits per heavy atom. The van der Waals surface area contributed by atoms with E-state index in [-0.39, 0.29) is 51.0 Å². The fraction of sp³-hybridized carbons (Fsp3) is 0.297. The third kappa shape index (κ3) is 5.75. The molecular weight excluding hydrogens is 703 g/mol. The standard InChI is InChI=1S/C37H31Cl2F2N5O5/c1-35(34(42)48)18-50-32-25(35)15-28(44-31(32)24-6-3-7-26(38)29(24)39)37(49,21-4-2-5-22(40)14-21)17-43-33(47)19-12-20-16-46(36(41)10-11-36)45-30(20)27(13-19)51-23-8-9-23/h2-7,12-16,23,49H,8-11,17-18H2,1H3,(H2,42,48)(H,43,47)/t35-,37+/m0/s1. The van der Waals surface area contributed by atoms with Crippen molar-refractivity contribution in [3.63, 3.8) is 0 Å². The summed E-state index contributed by atoms with van der Waals surface area (Å²) >= 11 is 13.0. The van der Waals surface area contributed by atoms with Crippen LogP contribution in [0.1, 0.15) is 59.8 Å². The number of rotatable bonds is 10. The number of pyridine rings is 1. The summed E-state index contributed by atoms with van der Waals surface area (Å²) < 4.78 is 43.1. The number of alkyl halides is 1. The lowest BCUT2D eigenvalue weighted by Crippen LogP contribution is -2.43. The monoisotopic (exact) mass is 733 g/mol. The molecule has 2 atom stereocenters. The minimum Gasteiger partial charge on any atom is -0.489 e. The Labute approximate surface area is 300 Å². The Balaban J connectivity index is 1.23. The molecule has 2 saturated carbocycles. The van der Waals surface area contributed by atoms with Crippen LogP contribution >= 0.6 is 23.2 Å². The van der Waals surface area contributed by atoms with E-state index in [1.165, 1.54) is 35.0 Å². The van der Waals surface area contributed by atoms with E-state index in [1.54, 1.807) is 37.4 Å². The summed E-state index contributed by atoms with van der Waals surface area (Å²) in [6.45, 7) is 0.990. The van der Waals surface area contributed by atoms with Crippen LogP contribution in [0.4, 0.5) is 8.78 Å². The van der Waals surface area contributed by atoms with Gasteiger partial charge in [0.05, 0.1) is 28.4 Å². The molecule has 3 aliphatic rings. The molecule has 10 nitrogen and oxygen atoms in total. The van der Waals surface area contributed by atoms with Crippen molar-refractivity contribution in [1.29, 1.82) is 0 Å². The number of aliphatic hydroxyl groups is 1. The van der Waals surface area contributed by atoms with Gasteiger partial charge in [-0.1, -0.05) is 47.5 Å². The van der Waals surface area contributed by atoms with Gasteiger partial charge >= 0.3 is 0 Å². The van der Waals surface area contributed by atoms with E-state index in [1.807, 2.05) is 0 Å². The van der Waals surface area contributed by atoms with Crippen molar-refractivity contribution in [2.45, 2.75) is 55.5 Å². The topological polar surface area (TPSA) is 142 Å². The van der Waals surface area contributed by atoms with Crippen LogP contribution in [0.15, 0.2) is 66.9 Å². The fourth-order valence-corrected chi connectivity index (χ4v) is 6.68. The minimum atomic E-state index is -2.18. The lowest BCUT2D eigenvalue weighted by Gasteiger charge is -2.30. The highest BCUT2D eigenvalue weighted by Crippen LogP contribution is 2.49. The van der Waals surface area contributed by atoms with E-state index in [0.717, 1.165) is 18.9 Å². The largest absolute Gasteiger partial charge is 0.489 e. The second-order valence-corrected chi connectivity index (χ2v) is 14.4. The van der Waals surface area contributed by atoms with Crippen LogP contribution in [0.5, 0.6) is 11.5 Å². The van der Waals surface area contributed by atoms with E-state index in [4.69, 9.17) is 43.4 Å². The number of benzene rings is 3. The molecule has 51 heavy (non-hydrogen) atoms. The second kappa shape index (κ2) is 11.9. The molecule has 0 bridgehead atoms. The zero-order valence-electron chi connectivity index (χ0n) is 27.2. The molecule has 3 heterocycles. The number of fused-ring (bicyclic) bond motifs is 2. The first-order valence-electron chi connectivity index (χ1n) is 16.4. The lowest BCUT2D eigenvalue weighted by molar-refractivity contribution is -0.123. The number of halogens is 4. The van der Waals surface area contributed by atoms with E-state index in [2.05, 4.69) is 10.4 Å². The van der Waals surface area contributed by atoms with Crippen LogP contribution in [0.25, 0.3) is 22.2 Å². The van der Waals surface area contributed by atoms with Crippen LogP contribution in [-0.4, -0.2) is 50.9 Å². The maximum atomic E-state index is 15.0. The molecule has 0 unspecified atom stereocenters. The average Bonchev–Trinajstić information content (AvgIpc) is 4.00. The highest BCUT2D eigenvalue weighted by molar-refractivity contribution is 6.43. The predicted octanol–water partition coefficient (Wildman–Crippen LogP) is 6.30. The second-order valence-electron chi connectivity index (χ2n) is 13.6. The highest BCUT2D eigenvalue weighted by atomic mass is 35.5. The quantitative estimate of drug-likeness (QED) is 0.153. The van der Waals surface area contributed by atoms with Crippen molar-refractivity contribution >= 4 is 45.9 Å². The molecular formula is C37H31Cl2F2N5O5. The van der Waals surface area contributed by atoms with Crippen molar-refractivity contribution in [2.75, 3.05) is 13.2 Å². The van der Waals surface area contributed by atoms with Gasteiger partial charge in [0, 0.05) is 41.1 Å². The number of hydrogen-bond acceptors (Lipinski definition) is 7. The number of nitrogens with one attached hydrogen (secondary N) is 1. The Morgan fingerprint density at radius 2 is 1.92 bits per heavy atom. The van der Waals surface area contributed by atoms with Gasteiger partial charge in [-0.25, -0.2) is 18.4 Å². The number of amides is 2. The zero-order valence-corrected chi connectivity index (χ0v) is 28.7. The van der Waals surface area contributed by atoms with Crippen LogP contribution in [0.3, 0.4) is 0 Å². The molecule has 2 amide bonds. The van der Waals surface area contributed by atoms with E-state index in [0.29, 0.717) is 40.6 Å². The predicted molar refractivity (Wildman–Crippen MR) is 185 cm³/mol. The summed E-state index contributed by atoms with van der Waals surface area (Å²) in [4.78, 5) is 31.5. The zero-order chi connectivity index (χ0) is 35.9. The molecule has 8 rings (SSSR count). The molecule has 0 saturated heterocycles. The molecule has 0 radical (unpaired) electrons. The van der Waals surface area contributed by atoms with Gasteiger partial charge in [0.1, 0.15) is 46.1 Å². The maximum Gasteiger partial charge on any atom is 0.251 e. The summed E-state index contributed by atoms with van der Waals surface area (Å²) in [6, 6.07) is 14.7. The maximum absolute atomic E-state index is 15.0. The summed E-state index contributed by atoms with van der Waals surface area (Å²) in [5, 5.41) is 20.7. The third-order valence-electron chi connectivity index (χ3n) is 9.78. The van der Waals surface area contributed by atoms with Gasteiger partial charge in [0.2, 0.25) is 11.7 Å². The van der Waals surface area contributed by atoms with Gasteiger partial charge in [-0.2, -0.15) is 5.10 Å². The summed E-state index contributed by atoms with van der Waals surface area (Å²) in [7, 11) is 0. The SMILES string of the molecule is C[C@]1(C(N)=O)COc2c1cc([C@@](O)(CNC(=O)c1cc(OC3CC3)c3nn(C4(F)CC4)cc3c1)c1cccc(F)c1)nc2-c1cccc(Cl)c1Cl. The Hall–Kier alpha value is -4.78. The van der Waals surface area contributed by atoms with Crippen LogP contribution < -0.4 is 20.5 Å². The number of ether oxygens (including phenoxy) is 2. The molecule has 14 heteroatoms. The number of aromatic nitrogens is 3. The number of hydrogen-bond donors (Lipinski definition) is 3. The molecule has 0 spiro atoms. The molecule has 2 aliphatic carbocycles. The number of nitrogens with zero attached hydrogens (tertiary/aromatic N) is 3. The Kier molecular flexibility index (Phi) is 7.78. The molecule has 262 valence electrons. The van der Waals surface area contributed by atoms with E-state index >= 15 is 0 Å². The highest BCUT2D eigenvalue weighted by Gasteiger charge is 2.47. The average molecular weight is 735 g/mol. The first kappa shape index (κ1) is 33.4. The van der Waals surface area contributed by atoms with Crippen molar-refractivity contribution in [2.24, 2.45) is 5.73 Å². The molecule has 3 aromatic carbocycles. The molecule has 5 aromatic rings. The van der Waals surface area contributed by atoms with Gasteiger partial charge in [-0.3, -0.25) is 9.59 Å². The van der Waals surface area contributed by atoms with E-state index < -0.39 is 41.0 Å². The van der Waals surface area contributed by atoms with Crippen LogP contribution in [0.2, 0.25) is 10.0 Å². The van der Waals surface area contributed by atoms with Crippen molar-refractivity contribution in [3.05, 3.63) is 105 Å². The number of primary amides is 1. The minimum absolute atomic E-state index is 0.0295. The number of carbonyl (C=O) groups is 2. The normalized spacial score (nSPS) is 20.0. The fourth-order valence-electron chi connectivity index (χ4n) is 6.29. The van der Waals surface area contributed by atoms with Gasteiger partial charge in [-0.15, -0.1) is 0 Å². The summed E-state index contributed by atoms with van der Waals surface area (Å²) in [5.41, 5.74) is 3.79. The van der Waals surface area contributed by atoms with Crippen molar-refractivity contribution < 1.29 is 33.0 Å². The summed E-state index contributed by atoms with van der Waals surface area (Å²) in [6.07, 6.45) is 3.91. The molecule has 2 fully saturated rings. The number of nitrogens with two attached hydrogens (primary N) is 1. The van der Waals surface area contributed by atoms with Gasteiger partial charge in [0.25, 0.3) is 5.91 Å². The first-order chi connectivity index (χ1) is 24.3. The van der Waals surface area contributed by atoms with Crippen molar-refractivity contribution in [1.82, 2.24) is 20.1 Å². The van der Waals surface area contributed by atoms with Crippen molar-refractivity contribution in [3.8, 4) is 22.8 Å². The lowest BCUT2D eigenvalue weighted by atomic mass is 9.80. The first-order valence-corrected chi connectivity index (χ1v) is 17.1. The molecule has 1 aliphatic heterocycles. The van der Waals surface area contributed by atoms with E-state index in [9.17, 15) is 23.5 Å². The molecule has 2 aromatic heterocycles. The summed E-state index contributed by atoms with van der Waals surface area (Å²) in [5.74, 6) is -2.94. The van der Waals surface area contributed by atoms with Crippen LogP contribution in [0, 0.1) is 5.82 Å². The van der Waals surface area contributed by atoms with Gasteiger partial charge in [0.15, 0.2) is 0 Å². The van der Waals surface area contributed by atoms with Crippen LogP contribution in [-0.2, 0) is 21.6 Å². The Bertz CT molecular complexity index is 2280. The Morgan fingerprint density at radius 1 is 1.16 bits per heavy atom. The number of carbonyl (C=O) groups excluding carboxylic acids is 2. The van der Waals surface area contributed by atoms with Gasteiger partial charge in [-0.05, 0) is 61.7 Å². The third-order valence-corrected chi connectivity index (χ3v) is 10.6. The molecule has 4 N–H and O–H groups in total. The smallest absolute Gasteiger partial charge is 0.251 e. The van der Waals surface area contributed by atoms with Gasteiger partial charge < -0.3 is 25.6 Å².